The van der Waals surface area contributed by atoms with Crippen LogP contribution in [0.4, 0.5) is 0 Å². The van der Waals surface area contributed by atoms with Gasteiger partial charge in [-0.05, 0) is 30.7 Å². The van der Waals surface area contributed by atoms with Crippen LogP contribution >= 0.6 is 11.8 Å². The summed E-state index contributed by atoms with van der Waals surface area (Å²) in [7, 11) is 1.68. The first-order chi connectivity index (χ1) is 9.22. The highest BCUT2D eigenvalue weighted by Crippen LogP contribution is 2.27. The van der Waals surface area contributed by atoms with Gasteiger partial charge in [-0.1, -0.05) is 17.8 Å². The molecule has 100 valence electrons. The van der Waals surface area contributed by atoms with Crippen molar-refractivity contribution in [3.63, 3.8) is 0 Å². The number of thioether (sulfide) groups is 1. The molecule has 5 heteroatoms. The predicted octanol–water partition coefficient (Wildman–Crippen LogP) is 2.54. The number of rotatable bonds is 5. The molecular formula is C14H17N3OS. The Hall–Kier alpha value is -1.59. The Morgan fingerprint density at radius 1 is 1.32 bits per heavy atom. The second-order valence-corrected chi connectivity index (χ2v) is 5.06. The van der Waals surface area contributed by atoms with Crippen molar-refractivity contribution in [1.29, 1.82) is 0 Å². The highest BCUT2D eigenvalue weighted by molar-refractivity contribution is 7.98. The van der Waals surface area contributed by atoms with Crippen LogP contribution in [0, 0.1) is 6.92 Å². The molecule has 0 spiro atoms. The maximum Gasteiger partial charge on any atom is 0.188 e. The van der Waals surface area contributed by atoms with Gasteiger partial charge in [-0.25, -0.2) is 9.97 Å². The molecule has 1 aromatic carbocycles. The number of benzene rings is 1. The molecule has 0 saturated heterocycles. The molecule has 2 aromatic rings. The van der Waals surface area contributed by atoms with Crippen LogP contribution in [0.5, 0.6) is 5.75 Å². The van der Waals surface area contributed by atoms with Gasteiger partial charge in [-0.15, -0.1) is 0 Å². The van der Waals surface area contributed by atoms with Crippen LogP contribution in [0.2, 0.25) is 0 Å². The zero-order valence-corrected chi connectivity index (χ0v) is 11.9. The third kappa shape index (κ3) is 3.68. The van der Waals surface area contributed by atoms with Gasteiger partial charge in [-0.3, -0.25) is 0 Å². The maximum atomic E-state index is 5.67. The van der Waals surface area contributed by atoms with E-state index >= 15 is 0 Å². The molecule has 2 N–H and O–H groups in total. The Kier molecular flexibility index (Phi) is 4.76. The lowest BCUT2D eigenvalue weighted by Crippen LogP contribution is -1.99. The zero-order chi connectivity index (χ0) is 13.7. The molecule has 4 nitrogen and oxygen atoms in total. The number of nitrogens with zero attached hydrogens (tertiary/aromatic N) is 2. The second kappa shape index (κ2) is 6.54. The van der Waals surface area contributed by atoms with Gasteiger partial charge in [0.25, 0.3) is 0 Å². The molecule has 2 rings (SSSR count). The standard InChI is InChI=1S/C14H17N3OS/c1-10-5-6-16-14(17-10)19-9-12-7-11(8-15)3-4-13(12)18-2/h3-7H,8-9,15H2,1-2H3. The topological polar surface area (TPSA) is 61.0 Å². The van der Waals surface area contributed by atoms with E-state index in [-0.39, 0.29) is 0 Å². The van der Waals surface area contributed by atoms with Gasteiger partial charge in [0.1, 0.15) is 5.75 Å². The summed E-state index contributed by atoms with van der Waals surface area (Å²) in [6.07, 6.45) is 1.78. The van der Waals surface area contributed by atoms with Crippen LogP contribution in [0.1, 0.15) is 16.8 Å². The molecule has 1 aromatic heterocycles. The van der Waals surface area contributed by atoms with Crippen molar-refractivity contribution < 1.29 is 4.74 Å². The number of nitrogens with two attached hydrogens (primary N) is 1. The number of hydrogen-bond acceptors (Lipinski definition) is 5. The fourth-order valence-electron chi connectivity index (χ4n) is 1.71. The average Bonchev–Trinajstić information content (AvgIpc) is 2.45. The SMILES string of the molecule is COc1ccc(CN)cc1CSc1nccc(C)n1. The molecule has 0 radical (unpaired) electrons. The summed E-state index contributed by atoms with van der Waals surface area (Å²) in [5.74, 6) is 1.64. The molecule has 19 heavy (non-hydrogen) atoms. The predicted molar refractivity (Wildman–Crippen MR) is 77.2 cm³/mol. The normalized spacial score (nSPS) is 10.5. The van der Waals surface area contributed by atoms with E-state index in [4.69, 9.17) is 10.5 Å². The lowest BCUT2D eigenvalue weighted by Gasteiger charge is -2.09. The molecule has 0 aliphatic rings. The van der Waals surface area contributed by atoms with Gasteiger partial charge in [0, 0.05) is 29.8 Å². The molecule has 0 aliphatic heterocycles. The first kappa shape index (κ1) is 13.8. The number of aromatic nitrogens is 2. The Balaban J connectivity index is 2.14. The van der Waals surface area contributed by atoms with Crippen molar-refractivity contribution in [2.45, 2.75) is 24.4 Å². The lowest BCUT2D eigenvalue weighted by atomic mass is 10.1. The van der Waals surface area contributed by atoms with E-state index in [9.17, 15) is 0 Å². The van der Waals surface area contributed by atoms with Gasteiger partial charge < -0.3 is 10.5 Å². The van der Waals surface area contributed by atoms with Crippen molar-refractivity contribution in [3.8, 4) is 5.75 Å². The number of methoxy groups -OCH3 is 1. The van der Waals surface area contributed by atoms with Gasteiger partial charge in [0.2, 0.25) is 0 Å². The fraction of sp³-hybridized carbons (Fsp3) is 0.286. The summed E-state index contributed by atoms with van der Waals surface area (Å²) in [4.78, 5) is 8.61. The number of aryl methyl sites for hydroxylation is 1. The van der Waals surface area contributed by atoms with Crippen molar-refractivity contribution in [1.82, 2.24) is 9.97 Å². The van der Waals surface area contributed by atoms with Crippen LogP contribution < -0.4 is 10.5 Å². The summed E-state index contributed by atoms with van der Waals surface area (Å²) in [6, 6.07) is 7.90. The van der Waals surface area contributed by atoms with Crippen LogP contribution in [0.3, 0.4) is 0 Å². The van der Waals surface area contributed by atoms with Crippen LogP contribution in [-0.2, 0) is 12.3 Å². The molecule has 0 unspecified atom stereocenters. The van der Waals surface area contributed by atoms with E-state index in [1.54, 1.807) is 25.1 Å². The molecule has 0 amide bonds. The van der Waals surface area contributed by atoms with Gasteiger partial charge >= 0.3 is 0 Å². The summed E-state index contributed by atoms with van der Waals surface area (Å²) in [5, 5.41) is 0.778. The Labute approximate surface area is 117 Å². The number of ether oxygens (including phenoxy) is 1. The Morgan fingerprint density at radius 3 is 2.84 bits per heavy atom. The Bertz CT molecular complexity index is 560. The van der Waals surface area contributed by atoms with Gasteiger partial charge in [0.05, 0.1) is 7.11 Å². The van der Waals surface area contributed by atoms with E-state index in [1.165, 1.54) is 0 Å². The molecule has 0 bridgehead atoms. The largest absolute Gasteiger partial charge is 0.496 e. The van der Waals surface area contributed by atoms with E-state index in [1.807, 2.05) is 25.1 Å². The monoisotopic (exact) mass is 275 g/mol. The average molecular weight is 275 g/mol. The van der Waals surface area contributed by atoms with Crippen LogP contribution in [-0.4, -0.2) is 17.1 Å². The number of hydrogen-bond donors (Lipinski definition) is 1. The van der Waals surface area contributed by atoms with Crippen molar-refractivity contribution in [2.24, 2.45) is 5.73 Å². The van der Waals surface area contributed by atoms with Gasteiger partial charge in [0.15, 0.2) is 5.16 Å². The summed E-state index contributed by atoms with van der Waals surface area (Å²) in [5.41, 5.74) is 8.85. The third-order valence-electron chi connectivity index (χ3n) is 2.71. The summed E-state index contributed by atoms with van der Waals surface area (Å²) in [6.45, 7) is 2.49. The molecule has 1 heterocycles. The molecule has 0 aliphatic carbocycles. The van der Waals surface area contributed by atoms with E-state index in [2.05, 4.69) is 16.0 Å². The van der Waals surface area contributed by atoms with Crippen LogP contribution in [0.25, 0.3) is 0 Å². The fourth-order valence-corrected chi connectivity index (χ4v) is 2.56. The zero-order valence-electron chi connectivity index (χ0n) is 11.1. The van der Waals surface area contributed by atoms with E-state index in [0.717, 1.165) is 33.5 Å². The van der Waals surface area contributed by atoms with Crippen LogP contribution in [0.15, 0.2) is 35.6 Å². The quantitative estimate of drug-likeness (QED) is 0.671. The summed E-state index contributed by atoms with van der Waals surface area (Å²) >= 11 is 1.59. The summed E-state index contributed by atoms with van der Waals surface area (Å²) < 4.78 is 5.36. The highest BCUT2D eigenvalue weighted by Gasteiger charge is 2.06. The highest BCUT2D eigenvalue weighted by atomic mass is 32.2. The second-order valence-electron chi connectivity index (χ2n) is 4.12. The molecular weight excluding hydrogens is 258 g/mol. The van der Waals surface area contributed by atoms with Crippen molar-refractivity contribution in [3.05, 3.63) is 47.3 Å². The molecule has 0 fully saturated rings. The minimum atomic E-state index is 0.530. The Morgan fingerprint density at radius 2 is 2.16 bits per heavy atom. The smallest absolute Gasteiger partial charge is 0.188 e. The minimum Gasteiger partial charge on any atom is -0.496 e. The van der Waals surface area contributed by atoms with E-state index < -0.39 is 0 Å². The minimum absolute atomic E-state index is 0.530. The molecule has 0 atom stereocenters. The third-order valence-corrected chi connectivity index (χ3v) is 3.62. The van der Waals surface area contributed by atoms with Gasteiger partial charge in [-0.2, -0.15) is 0 Å². The first-order valence-corrected chi connectivity index (χ1v) is 7.00. The van der Waals surface area contributed by atoms with E-state index in [0.29, 0.717) is 6.54 Å². The first-order valence-electron chi connectivity index (χ1n) is 6.01. The molecule has 0 saturated carbocycles. The van der Waals surface area contributed by atoms with Crippen molar-refractivity contribution >= 4 is 11.8 Å². The maximum absolute atomic E-state index is 5.67. The lowest BCUT2D eigenvalue weighted by molar-refractivity contribution is 0.411. The van der Waals surface area contributed by atoms with Crippen molar-refractivity contribution in [2.75, 3.05) is 7.11 Å².